The summed E-state index contributed by atoms with van der Waals surface area (Å²) in [6.07, 6.45) is 0.990. The van der Waals surface area contributed by atoms with E-state index >= 15 is 0 Å². The minimum Gasteiger partial charge on any atom is -0.368 e. The molecule has 0 aromatic rings. The molecule has 0 radical (unpaired) electrons. The van der Waals surface area contributed by atoms with E-state index in [0.29, 0.717) is 12.8 Å². The molecule has 12 heavy (non-hydrogen) atoms. The first kappa shape index (κ1) is 10.0. The van der Waals surface area contributed by atoms with Crippen molar-refractivity contribution in [2.45, 2.75) is 22.5 Å². The van der Waals surface area contributed by atoms with Crippen molar-refractivity contribution in [3.8, 4) is 6.07 Å². The van der Waals surface area contributed by atoms with Crippen LogP contribution in [-0.4, -0.2) is 15.6 Å². The van der Waals surface area contributed by atoms with Crippen molar-refractivity contribution in [2.75, 3.05) is 0 Å². The van der Waals surface area contributed by atoms with E-state index in [0.717, 1.165) is 0 Å². The fourth-order valence-corrected chi connectivity index (χ4v) is 2.83. The van der Waals surface area contributed by atoms with Crippen LogP contribution in [0.15, 0.2) is 0 Å². The lowest BCUT2D eigenvalue weighted by Crippen LogP contribution is -2.33. The van der Waals surface area contributed by atoms with E-state index in [4.69, 9.17) is 11.0 Å². The van der Waals surface area contributed by atoms with E-state index in [1.807, 2.05) is 6.07 Å². The van der Waals surface area contributed by atoms with E-state index in [-0.39, 0.29) is 9.65 Å². The maximum atomic E-state index is 11.0. The highest BCUT2D eigenvalue weighted by Gasteiger charge is 2.48. The predicted octanol–water partition coefficient (Wildman–Crippen LogP) is 1.30. The highest BCUT2D eigenvalue weighted by molar-refractivity contribution is 9.12. The van der Waals surface area contributed by atoms with E-state index in [2.05, 4.69) is 31.9 Å². The summed E-state index contributed by atoms with van der Waals surface area (Å²) in [5.41, 5.74) is 4.19. The van der Waals surface area contributed by atoms with Crippen molar-refractivity contribution in [1.29, 1.82) is 5.26 Å². The van der Waals surface area contributed by atoms with Crippen LogP contribution >= 0.6 is 31.9 Å². The van der Waals surface area contributed by atoms with Crippen molar-refractivity contribution in [2.24, 2.45) is 11.1 Å². The predicted molar refractivity (Wildman–Crippen MR) is 51.9 cm³/mol. The Labute approximate surface area is 87.6 Å². The zero-order valence-electron chi connectivity index (χ0n) is 6.26. The summed E-state index contributed by atoms with van der Waals surface area (Å²) in [5, 5.41) is 8.83. The molecule has 1 saturated carbocycles. The van der Waals surface area contributed by atoms with Crippen LogP contribution in [0.4, 0.5) is 0 Å². The summed E-state index contributed by atoms with van der Waals surface area (Å²) in [6.45, 7) is 0. The fraction of sp³-hybridized carbons (Fsp3) is 0.714. The van der Waals surface area contributed by atoms with Crippen molar-refractivity contribution >= 4 is 37.8 Å². The smallest absolute Gasteiger partial charge is 0.237 e. The molecule has 66 valence electrons. The summed E-state index contributed by atoms with van der Waals surface area (Å²) in [5.74, 6) is -0.517. The second-order valence-corrected chi connectivity index (χ2v) is 5.35. The molecular weight excluding hydrogens is 288 g/mol. The van der Waals surface area contributed by atoms with Gasteiger partial charge in [-0.2, -0.15) is 5.26 Å². The summed E-state index contributed by atoms with van der Waals surface area (Å²) >= 11 is 6.77. The van der Waals surface area contributed by atoms with Crippen LogP contribution in [0.5, 0.6) is 0 Å². The number of rotatable bonds is 1. The molecule has 0 spiro atoms. The van der Waals surface area contributed by atoms with E-state index in [9.17, 15) is 4.79 Å². The highest BCUT2D eigenvalue weighted by atomic mass is 79.9. The maximum absolute atomic E-state index is 11.0. The number of carbonyl (C=O) groups is 1. The molecule has 0 saturated heterocycles. The van der Waals surface area contributed by atoms with Gasteiger partial charge in [0.05, 0.1) is 6.07 Å². The number of alkyl halides is 2. The second kappa shape index (κ2) is 3.35. The van der Waals surface area contributed by atoms with Crippen LogP contribution in [-0.2, 0) is 4.79 Å². The first-order valence-corrected chi connectivity index (χ1v) is 5.34. The lowest BCUT2D eigenvalue weighted by atomic mass is 9.87. The third-order valence-corrected chi connectivity index (χ3v) is 4.80. The lowest BCUT2D eigenvalue weighted by molar-refractivity contribution is -0.124. The standard InChI is InChI=1S/C7H8Br2N2O/c8-4-1-7(3-10,6(11)12)2-5(4)9/h4-5H,1-2H2,(H2,11,12)/t4-,5?,7?/m1/s1. The number of nitrogens with zero attached hydrogens (tertiary/aromatic N) is 1. The van der Waals surface area contributed by atoms with E-state index in [1.165, 1.54) is 0 Å². The largest absolute Gasteiger partial charge is 0.368 e. The molecule has 1 aliphatic carbocycles. The quantitative estimate of drug-likeness (QED) is 0.741. The summed E-state index contributed by atoms with van der Waals surface area (Å²) in [4.78, 5) is 11.3. The number of amides is 1. The fourth-order valence-electron chi connectivity index (χ4n) is 1.35. The average Bonchev–Trinajstić information content (AvgIpc) is 2.29. The van der Waals surface area contributed by atoms with Gasteiger partial charge in [0.1, 0.15) is 5.41 Å². The molecule has 0 heterocycles. The van der Waals surface area contributed by atoms with Crippen LogP contribution in [0.2, 0.25) is 0 Å². The Hall–Kier alpha value is -0.0800. The number of primary amides is 1. The van der Waals surface area contributed by atoms with Crippen LogP contribution in [0, 0.1) is 16.7 Å². The number of halogens is 2. The molecule has 1 amide bonds. The topological polar surface area (TPSA) is 66.9 Å². The Morgan fingerprint density at radius 3 is 2.08 bits per heavy atom. The molecule has 0 bridgehead atoms. The number of hydrogen-bond donors (Lipinski definition) is 1. The summed E-state index contributed by atoms with van der Waals surface area (Å²) < 4.78 is 0. The first-order chi connectivity index (χ1) is 5.52. The van der Waals surface area contributed by atoms with Crippen molar-refractivity contribution < 1.29 is 4.79 Å². The van der Waals surface area contributed by atoms with Crippen molar-refractivity contribution in [3.05, 3.63) is 0 Å². The number of carbonyl (C=O) groups excluding carboxylic acids is 1. The monoisotopic (exact) mass is 294 g/mol. The van der Waals surface area contributed by atoms with Gasteiger partial charge in [-0.3, -0.25) is 4.79 Å². The van der Waals surface area contributed by atoms with Crippen LogP contribution in [0.25, 0.3) is 0 Å². The van der Waals surface area contributed by atoms with E-state index < -0.39 is 11.3 Å². The zero-order valence-corrected chi connectivity index (χ0v) is 9.43. The normalized spacial score (nSPS) is 40.8. The first-order valence-electron chi connectivity index (χ1n) is 3.51. The third-order valence-electron chi connectivity index (χ3n) is 2.17. The van der Waals surface area contributed by atoms with Gasteiger partial charge in [-0.1, -0.05) is 31.9 Å². The van der Waals surface area contributed by atoms with Gasteiger partial charge in [-0.05, 0) is 12.8 Å². The highest BCUT2D eigenvalue weighted by Crippen LogP contribution is 2.44. The van der Waals surface area contributed by atoms with Gasteiger partial charge in [0, 0.05) is 9.65 Å². The van der Waals surface area contributed by atoms with Crippen molar-refractivity contribution in [3.63, 3.8) is 0 Å². The zero-order chi connectivity index (χ0) is 9.35. The molecule has 1 aliphatic rings. The van der Waals surface area contributed by atoms with Gasteiger partial charge in [0.25, 0.3) is 0 Å². The summed E-state index contributed by atoms with van der Waals surface area (Å²) in [6, 6.07) is 2.00. The number of hydrogen-bond acceptors (Lipinski definition) is 2. The van der Waals surface area contributed by atoms with Gasteiger partial charge in [-0.25, -0.2) is 0 Å². The van der Waals surface area contributed by atoms with Gasteiger partial charge in [0.2, 0.25) is 5.91 Å². The summed E-state index contributed by atoms with van der Waals surface area (Å²) in [7, 11) is 0. The molecule has 2 N–H and O–H groups in total. The SMILES string of the molecule is N#CC1(C(N)=O)CC(Br)[C@H](Br)C1. The maximum Gasteiger partial charge on any atom is 0.237 e. The van der Waals surface area contributed by atoms with Gasteiger partial charge in [-0.15, -0.1) is 0 Å². The molecule has 1 fully saturated rings. The molecule has 2 unspecified atom stereocenters. The van der Waals surface area contributed by atoms with E-state index in [1.54, 1.807) is 0 Å². The van der Waals surface area contributed by atoms with Gasteiger partial charge in [0.15, 0.2) is 0 Å². The second-order valence-electron chi connectivity index (χ2n) is 3.00. The Kier molecular flexibility index (Phi) is 2.79. The number of nitriles is 1. The Balaban J connectivity index is 2.88. The van der Waals surface area contributed by atoms with Crippen LogP contribution < -0.4 is 5.73 Å². The minimum absolute atomic E-state index is 0.157. The molecule has 5 heteroatoms. The van der Waals surface area contributed by atoms with Crippen LogP contribution in [0.3, 0.4) is 0 Å². The molecular formula is C7H8Br2N2O. The molecule has 0 aliphatic heterocycles. The molecule has 3 atom stereocenters. The molecule has 3 nitrogen and oxygen atoms in total. The van der Waals surface area contributed by atoms with Crippen LogP contribution in [0.1, 0.15) is 12.8 Å². The Morgan fingerprint density at radius 1 is 1.50 bits per heavy atom. The Bertz CT molecular complexity index is 238. The van der Waals surface area contributed by atoms with Gasteiger partial charge >= 0.3 is 0 Å². The Morgan fingerprint density at radius 2 is 1.92 bits per heavy atom. The number of nitrogens with two attached hydrogens (primary N) is 1. The minimum atomic E-state index is -0.970. The third kappa shape index (κ3) is 1.50. The average molecular weight is 296 g/mol. The molecule has 1 rings (SSSR count). The molecule has 0 aromatic carbocycles. The van der Waals surface area contributed by atoms with Gasteiger partial charge < -0.3 is 5.73 Å². The van der Waals surface area contributed by atoms with Crippen molar-refractivity contribution in [1.82, 2.24) is 0 Å². The molecule has 0 aromatic heterocycles. The lowest BCUT2D eigenvalue weighted by Gasteiger charge is -2.14.